The highest BCUT2D eigenvalue weighted by Gasteiger charge is 1.98. The van der Waals surface area contributed by atoms with Crippen molar-refractivity contribution in [3.8, 4) is 0 Å². The van der Waals surface area contributed by atoms with Crippen LogP contribution in [-0.2, 0) is 6.42 Å². The van der Waals surface area contributed by atoms with Crippen molar-refractivity contribution < 1.29 is 4.79 Å². The number of amides is 2. The highest BCUT2D eigenvalue weighted by Crippen LogP contribution is 2.00. The predicted octanol–water partition coefficient (Wildman–Crippen LogP) is 2.00. The zero-order valence-corrected chi connectivity index (χ0v) is 12.1. The smallest absolute Gasteiger partial charge is 0.280 e. The summed E-state index contributed by atoms with van der Waals surface area (Å²) in [6, 6.07) is 10.9. The maximum Gasteiger partial charge on any atom is 0.345 e. The van der Waals surface area contributed by atoms with Gasteiger partial charge < -0.3 is 0 Å². The van der Waals surface area contributed by atoms with E-state index in [2.05, 4.69) is 25.2 Å². The number of aromatic nitrogens is 2. The third kappa shape index (κ3) is 6.05. The number of rotatable bonds is 6. The van der Waals surface area contributed by atoms with Gasteiger partial charge in [-0.3, -0.25) is 14.7 Å². The van der Waals surface area contributed by atoms with Crippen molar-refractivity contribution in [3.63, 3.8) is 0 Å². The summed E-state index contributed by atoms with van der Waals surface area (Å²) in [5.74, 6) is 0.744. The largest absolute Gasteiger partial charge is 0.345 e. The van der Waals surface area contributed by atoms with E-state index in [1.54, 1.807) is 18.5 Å². The number of hydrogen-bond donors (Lipinski definition) is 2. The first-order chi connectivity index (χ1) is 10.3. The number of nitrogens with one attached hydrogen (secondary N) is 2. The van der Waals surface area contributed by atoms with E-state index in [4.69, 9.17) is 0 Å². The Hall–Kier alpha value is -2.41. The number of pyridine rings is 2. The van der Waals surface area contributed by atoms with Gasteiger partial charge in [0.05, 0.1) is 11.9 Å². The Kier molecular flexibility index (Phi) is 6.21. The molecule has 0 aliphatic heterocycles. The number of hydrogen-bond acceptors (Lipinski definition) is 5. The standard InChI is InChI=1S/C14H15N5OS/c20-14(18-17-11-13-6-2-4-9-16-13)19-21-10-7-12-5-1-3-8-15-12/h1-6,8-9,11H,7,10H2,(H2,18,19,20)/b17-11+. The van der Waals surface area contributed by atoms with Crippen molar-refractivity contribution in [2.45, 2.75) is 6.42 Å². The van der Waals surface area contributed by atoms with Crippen LogP contribution in [0.1, 0.15) is 11.4 Å². The number of urea groups is 1. The molecule has 0 unspecified atom stereocenters. The Morgan fingerprint density at radius 3 is 2.71 bits per heavy atom. The van der Waals surface area contributed by atoms with Crippen molar-refractivity contribution in [1.82, 2.24) is 20.1 Å². The maximum absolute atomic E-state index is 11.5. The first kappa shape index (κ1) is 15.0. The molecule has 0 aliphatic carbocycles. The average molecular weight is 301 g/mol. The van der Waals surface area contributed by atoms with Crippen molar-refractivity contribution >= 4 is 24.2 Å². The van der Waals surface area contributed by atoms with Gasteiger partial charge in [-0.05, 0) is 36.2 Å². The lowest BCUT2D eigenvalue weighted by molar-refractivity contribution is 0.247. The Labute approximate surface area is 127 Å². The van der Waals surface area contributed by atoms with Crippen LogP contribution in [0.4, 0.5) is 4.79 Å². The Morgan fingerprint density at radius 2 is 2.00 bits per heavy atom. The van der Waals surface area contributed by atoms with Crippen LogP contribution in [0.2, 0.25) is 0 Å². The number of hydrazone groups is 1. The predicted molar refractivity (Wildman–Crippen MR) is 83.9 cm³/mol. The molecule has 2 aromatic rings. The SMILES string of the molecule is O=C(N/N=C/c1ccccn1)NSCCc1ccccn1. The number of aryl methyl sites for hydroxylation is 1. The molecule has 2 rings (SSSR count). The molecule has 0 bridgehead atoms. The fraction of sp³-hybridized carbons (Fsp3) is 0.143. The van der Waals surface area contributed by atoms with Gasteiger partial charge in [-0.15, -0.1) is 0 Å². The van der Waals surface area contributed by atoms with E-state index in [1.807, 2.05) is 30.3 Å². The van der Waals surface area contributed by atoms with Gasteiger partial charge in [0.2, 0.25) is 0 Å². The summed E-state index contributed by atoms with van der Waals surface area (Å²) < 4.78 is 2.64. The number of nitrogens with zero attached hydrogens (tertiary/aromatic N) is 3. The zero-order valence-electron chi connectivity index (χ0n) is 11.3. The first-order valence-corrected chi connectivity index (χ1v) is 7.35. The Balaban J connectivity index is 1.61. The van der Waals surface area contributed by atoms with Crippen molar-refractivity contribution in [2.24, 2.45) is 5.10 Å². The molecule has 2 aromatic heterocycles. The second-order valence-corrected chi connectivity index (χ2v) is 4.88. The van der Waals surface area contributed by atoms with Crippen LogP contribution in [-0.4, -0.2) is 28.0 Å². The average Bonchev–Trinajstić information content (AvgIpc) is 2.54. The van der Waals surface area contributed by atoms with Crippen LogP contribution < -0.4 is 10.1 Å². The molecule has 6 nitrogen and oxygen atoms in total. The van der Waals surface area contributed by atoms with Crippen LogP contribution in [0.15, 0.2) is 53.9 Å². The van der Waals surface area contributed by atoms with Gasteiger partial charge >= 0.3 is 6.03 Å². The minimum atomic E-state index is -0.367. The lowest BCUT2D eigenvalue weighted by Gasteiger charge is -2.03. The summed E-state index contributed by atoms with van der Waals surface area (Å²) in [7, 11) is 0. The summed E-state index contributed by atoms with van der Waals surface area (Å²) in [6.07, 6.45) is 5.70. The molecule has 2 N–H and O–H groups in total. The van der Waals surface area contributed by atoms with Gasteiger partial charge in [0.15, 0.2) is 0 Å². The van der Waals surface area contributed by atoms with Gasteiger partial charge in [0.1, 0.15) is 0 Å². The highest BCUT2D eigenvalue weighted by molar-refractivity contribution is 7.97. The first-order valence-electron chi connectivity index (χ1n) is 6.36. The summed E-state index contributed by atoms with van der Waals surface area (Å²) in [4.78, 5) is 19.7. The second kappa shape index (κ2) is 8.70. The summed E-state index contributed by atoms with van der Waals surface area (Å²) in [5.41, 5.74) is 4.05. The molecule has 0 spiro atoms. The highest BCUT2D eigenvalue weighted by atomic mass is 32.2. The molecule has 108 valence electrons. The summed E-state index contributed by atoms with van der Waals surface area (Å²) >= 11 is 1.31. The Bertz CT molecular complexity index is 576. The van der Waals surface area contributed by atoms with Gasteiger partial charge in [-0.25, -0.2) is 10.2 Å². The Morgan fingerprint density at radius 1 is 1.19 bits per heavy atom. The monoisotopic (exact) mass is 301 g/mol. The molecule has 7 heteroatoms. The molecule has 21 heavy (non-hydrogen) atoms. The van der Waals surface area contributed by atoms with Gasteiger partial charge in [0, 0.05) is 30.3 Å². The van der Waals surface area contributed by atoms with E-state index in [9.17, 15) is 4.79 Å². The fourth-order valence-electron chi connectivity index (χ4n) is 1.45. The van der Waals surface area contributed by atoms with Crippen LogP contribution in [0.5, 0.6) is 0 Å². The van der Waals surface area contributed by atoms with Gasteiger partial charge in [-0.2, -0.15) is 5.10 Å². The molecule has 2 heterocycles. The summed E-state index contributed by atoms with van der Waals surface area (Å²) in [6.45, 7) is 0. The normalized spacial score (nSPS) is 10.5. The third-order valence-electron chi connectivity index (χ3n) is 2.40. The van der Waals surface area contributed by atoms with Crippen LogP contribution in [0, 0.1) is 0 Å². The van der Waals surface area contributed by atoms with Crippen molar-refractivity contribution in [3.05, 3.63) is 60.2 Å². The van der Waals surface area contributed by atoms with Crippen LogP contribution >= 0.6 is 11.9 Å². The lowest BCUT2D eigenvalue weighted by Crippen LogP contribution is -2.27. The van der Waals surface area contributed by atoms with E-state index in [-0.39, 0.29) is 6.03 Å². The molecule has 0 saturated carbocycles. The molecule has 0 fully saturated rings. The topological polar surface area (TPSA) is 79.3 Å². The van der Waals surface area contributed by atoms with E-state index < -0.39 is 0 Å². The van der Waals surface area contributed by atoms with E-state index in [0.29, 0.717) is 5.69 Å². The second-order valence-electron chi connectivity index (χ2n) is 3.98. The van der Waals surface area contributed by atoms with Crippen molar-refractivity contribution in [1.29, 1.82) is 0 Å². The van der Waals surface area contributed by atoms with Gasteiger partial charge in [0.25, 0.3) is 0 Å². The fourth-order valence-corrected chi connectivity index (χ4v) is 2.04. The van der Waals surface area contributed by atoms with E-state index in [0.717, 1.165) is 17.9 Å². The van der Waals surface area contributed by atoms with E-state index >= 15 is 0 Å². The molecular weight excluding hydrogens is 286 g/mol. The number of carbonyl (C=O) groups is 1. The maximum atomic E-state index is 11.5. The number of carbonyl (C=O) groups excluding carboxylic acids is 1. The third-order valence-corrected chi connectivity index (χ3v) is 3.14. The van der Waals surface area contributed by atoms with Gasteiger partial charge in [-0.1, -0.05) is 12.1 Å². The summed E-state index contributed by atoms with van der Waals surface area (Å²) in [5, 5.41) is 3.80. The van der Waals surface area contributed by atoms with E-state index in [1.165, 1.54) is 18.2 Å². The molecule has 0 aromatic carbocycles. The molecular formula is C14H15N5OS. The van der Waals surface area contributed by atoms with Crippen LogP contribution in [0.3, 0.4) is 0 Å². The molecule has 2 amide bonds. The minimum Gasteiger partial charge on any atom is -0.280 e. The quantitative estimate of drug-likeness (QED) is 0.370. The zero-order chi connectivity index (χ0) is 14.8. The van der Waals surface area contributed by atoms with Crippen molar-refractivity contribution in [2.75, 3.05) is 5.75 Å². The molecule has 0 saturated heterocycles. The lowest BCUT2D eigenvalue weighted by atomic mass is 10.3. The van der Waals surface area contributed by atoms with Crippen LogP contribution in [0.25, 0.3) is 0 Å². The molecule has 0 atom stereocenters. The minimum absolute atomic E-state index is 0.367. The molecule has 0 aliphatic rings. The molecule has 0 radical (unpaired) electrons.